The molecule has 3 heteroatoms. The van der Waals surface area contributed by atoms with Gasteiger partial charge in [0.2, 0.25) is 0 Å². The highest BCUT2D eigenvalue weighted by Gasteiger charge is 2.07. The Kier molecular flexibility index (Phi) is 7.42. The first-order valence-corrected chi connectivity index (χ1v) is 7.07. The lowest BCUT2D eigenvalue weighted by molar-refractivity contribution is 0.232. The molecule has 0 bridgehead atoms. The molecule has 2 N–H and O–H groups in total. The summed E-state index contributed by atoms with van der Waals surface area (Å²) in [6.45, 7) is 5.90. The van der Waals surface area contributed by atoms with Crippen molar-refractivity contribution in [3.05, 3.63) is 24.0 Å². The number of ether oxygens (including phenoxy) is 1. The zero-order valence-corrected chi connectivity index (χ0v) is 11.7. The first-order valence-electron chi connectivity index (χ1n) is 7.07. The van der Waals surface area contributed by atoms with Crippen molar-refractivity contribution >= 4 is 0 Å². The minimum atomic E-state index is 0.641. The SMILES string of the molecule is CCCCC(CC)COc1ccc(CCN)nc1. The number of nitrogens with zero attached hydrogens (tertiary/aromatic N) is 1. The maximum atomic E-state index is 5.80. The minimum absolute atomic E-state index is 0.641. The highest BCUT2D eigenvalue weighted by molar-refractivity contribution is 5.20. The molecule has 0 aromatic carbocycles. The van der Waals surface area contributed by atoms with Crippen LogP contribution in [0.3, 0.4) is 0 Å². The molecule has 0 spiro atoms. The maximum Gasteiger partial charge on any atom is 0.137 e. The average Bonchev–Trinajstić information content (AvgIpc) is 2.41. The van der Waals surface area contributed by atoms with Crippen LogP contribution >= 0.6 is 0 Å². The molecule has 0 radical (unpaired) electrons. The Bertz CT molecular complexity index is 311. The van der Waals surface area contributed by atoms with Gasteiger partial charge in [-0.05, 0) is 31.0 Å². The van der Waals surface area contributed by atoms with Gasteiger partial charge in [0, 0.05) is 12.1 Å². The van der Waals surface area contributed by atoms with Crippen molar-refractivity contribution in [2.75, 3.05) is 13.2 Å². The van der Waals surface area contributed by atoms with E-state index in [0.29, 0.717) is 12.5 Å². The number of aromatic nitrogens is 1. The Balaban J connectivity index is 2.37. The van der Waals surface area contributed by atoms with E-state index in [0.717, 1.165) is 24.5 Å². The number of hydrogen-bond acceptors (Lipinski definition) is 3. The lowest BCUT2D eigenvalue weighted by atomic mass is 10.0. The molecule has 0 aliphatic carbocycles. The molecule has 1 atom stereocenters. The molecule has 1 rings (SSSR count). The molecule has 1 aromatic heterocycles. The van der Waals surface area contributed by atoms with Gasteiger partial charge in [0.05, 0.1) is 12.8 Å². The smallest absolute Gasteiger partial charge is 0.137 e. The van der Waals surface area contributed by atoms with Crippen molar-refractivity contribution in [3.8, 4) is 5.75 Å². The van der Waals surface area contributed by atoms with E-state index in [1.807, 2.05) is 12.1 Å². The number of unbranched alkanes of at least 4 members (excludes halogenated alkanes) is 1. The number of pyridine rings is 1. The molecule has 1 heterocycles. The summed E-state index contributed by atoms with van der Waals surface area (Å²) < 4.78 is 5.80. The van der Waals surface area contributed by atoms with Crippen LogP contribution in [0.25, 0.3) is 0 Å². The quantitative estimate of drug-likeness (QED) is 0.732. The molecule has 0 fully saturated rings. The Morgan fingerprint density at radius 2 is 2.17 bits per heavy atom. The van der Waals surface area contributed by atoms with Crippen molar-refractivity contribution in [1.82, 2.24) is 4.98 Å². The summed E-state index contributed by atoms with van der Waals surface area (Å²) in [6, 6.07) is 3.99. The summed E-state index contributed by atoms with van der Waals surface area (Å²) in [5, 5.41) is 0. The van der Waals surface area contributed by atoms with E-state index in [-0.39, 0.29) is 0 Å². The second-order valence-electron chi connectivity index (χ2n) is 4.75. The molecular weight excluding hydrogens is 224 g/mol. The fourth-order valence-electron chi connectivity index (χ4n) is 1.90. The molecule has 3 nitrogen and oxygen atoms in total. The zero-order chi connectivity index (χ0) is 13.2. The predicted octanol–water partition coefficient (Wildman–Crippen LogP) is 3.18. The summed E-state index contributed by atoms with van der Waals surface area (Å²) in [5.41, 5.74) is 6.52. The third kappa shape index (κ3) is 5.50. The second-order valence-corrected chi connectivity index (χ2v) is 4.75. The summed E-state index contributed by atoms with van der Waals surface area (Å²) in [5.74, 6) is 1.53. The molecule has 18 heavy (non-hydrogen) atoms. The monoisotopic (exact) mass is 250 g/mol. The van der Waals surface area contributed by atoms with E-state index in [4.69, 9.17) is 10.5 Å². The summed E-state index contributed by atoms with van der Waals surface area (Å²) in [7, 11) is 0. The van der Waals surface area contributed by atoms with E-state index in [9.17, 15) is 0 Å². The first-order chi connectivity index (χ1) is 8.80. The Morgan fingerprint density at radius 1 is 1.33 bits per heavy atom. The zero-order valence-electron chi connectivity index (χ0n) is 11.7. The fraction of sp³-hybridized carbons (Fsp3) is 0.667. The second kappa shape index (κ2) is 8.92. The molecule has 0 aliphatic heterocycles. The van der Waals surface area contributed by atoms with Crippen LogP contribution in [-0.4, -0.2) is 18.1 Å². The molecule has 102 valence electrons. The van der Waals surface area contributed by atoms with Crippen LogP contribution in [0.1, 0.15) is 45.2 Å². The van der Waals surface area contributed by atoms with Crippen molar-refractivity contribution in [1.29, 1.82) is 0 Å². The van der Waals surface area contributed by atoms with Crippen LogP contribution in [-0.2, 0) is 6.42 Å². The third-order valence-electron chi connectivity index (χ3n) is 3.23. The summed E-state index contributed by atoms with van der Waals surface area (Å²) in [6.07, 6.45) is 7.61. The molecular formula is C15H26N2O. The van der Waals surface area contributed by atoms with Gasteiger partial charge in [-0.15, -0.1) is 0 Å². The Morgan fingerprint density at radius 3 is 2.72 bits per heavy atom. The fourth-order valence-corrected chi connectivity index (χ4v) is 1.90. The van der Waals surface area contributed by atoms with Gasteiger partial charge in [0.15, 0.2) is 0 Å². The van der Waals surface area contributed by atoms with Crippen molar-refractivity contribution < 1.29 is 4.74 Å². The average molecular weight is 250 g/mol. The number of nitrogens with two attached hydrogens (primary N) is 1. The van der Waals surface area contributed by atoms with E-state index in [2.05, 4.69) is 18.8 Å². The van der Waals surface area contributed by atoms with Crippen molar-refractivity contribution in [3.63, 3.8) is 0 Å². The summed E-state index contributed by atoms with van der Waals surface area (Å²) >= 11 is 0. The van der Waals surface area contributed by atoms with Crippen LogP contribution in [0.15, 0.2) is 18.3 Å². The largest absolute Gasteiger partial charge is 0.492 e. The first kappa shape index (κ1) is 15.0. The van der Waals surface area contributed by atoms with Gasteiger partial charge in [0.1, 0.15) is 5.75 Å². The molecule has 1 unspecified atom stereocenters. The van der Waals surface area contributed by atoms with Gasteiger partial charge in [-0.1, -0.05) is 33.1 Å². The predicted molar refractivity (Wildman–Crippen MR) is 75.8 cm³/mol. The molecule has 0 aliphatic rings. The lowest BCUT2D eigenvalue weighted by Gasteiger charge is -2.15. The lowest BCUT2D eigenvalue weighted by Crippen LogP contribution is -2.11. The highest BCUT2D eigenvalue weighted by Crippen LogP contribution is 2.16. The van der Waals surface area contributed by atoms with Crippen molar-refractivity contribution in [2.24, 2.45) is 11.7 Å². The van der Waals surface area contributed by atoms with Gasteiger partial charge in [-0.3, -0.25) is 4.98 Å². The van der Waals surface area contributed by atoms with E-state index >= 15 is 0 Å². The summed E-state index contributed by atoms with van der Waals surface area (Å²) in [4.78, 5) is 4.33. The van der Waals surface area contributed by atoms with Gasteiger partial charge in [-0.2, -0.15) is 0 Å². The van der Waals surface area contributed by atoms with Gasteiger partial charge in [0.25, 0.3) is 0 Å². The number of rotatable bonds is 9. The molecule has 0 amide bonds. The van der Waals surface area contributed by atoms with E-state index in [1.54, 1.807) is 6.20 Å². The van der Waals surface area contributed by atoms with E-state index in [1.165, 1.54) is 25.7 Å². The van der Waals surface area contributed by atoms with Crippen LogP contribution < -0.4 is 10.5 Å². The van der Waals surface area contributed by atoms with E-state index < -0.39 is 0 Å². The normalized spacial score (nSPS) is 12.4. The Labute approximate surface area is 111 Å². The Hall–Kier alpha value is -1.09. The van der Waals surface area contributed by atoms with Gasteiger partial charge < -0.3 is 10.5 Å². The van der Waals surface area contributed by atoms with Crippen LogP contribution in [0.4, 0.5) is 0 Å². The maximum absolute atomic E-state index is 5.80. The number of hydrogen-bond donors (Lipinski definition) is 1. The van der Waals surface area contributed by atoms with Gasteiger partial charge >= 0.3 is 0 Å². The van der Waals surface area contributed by atoms with Crippen LogP contribution in [0.5, 0.6) is 5.75 Å². The highest BCUT2D eigenvalue weighted by atomic mass is 16.5. The topological polar surface area (TPSA) is 48.1 Å². The van der Waals surface area contributed by atoms with Gasteiger partial charge in [-0.25, -0.2) is 0 Å². The van der Waals surface area contributed by atoms with Crippen LogP contribution in [0.2, 0.25) is 0 Å². The van der Waals surface area contributed by atoms with Crippen molar-refractivity contribution in [2.45, 2.75) is 46.0 Å². The standard InChI is InChI=1S/C15H26N2O/c1-3-5-6-13(4-2)12-18-15-8-7-14(9-10-16)17-11-15/h7-8,11,13H,3-6,9-10,12,16H2,1-2H3. The minimum Gasteiger partial charge on any atom is -0.492 e. The molecule has 0 saturated carbocycles. The third-order valence-corrected chi connectivity index (χ3v) is 3.23. The molecule has 1 aromatic rings. The van der Waals surface area contributed by atoms with Crippen LogP contribution in [0, 0.1) is 5.92 Å². The molecule has 0 saturated heterocycles.